The van der Waals surface area contributed by atoms with Gasteiger partial charge in [-0.1, -0.05) is 43.3 Å². The number of rotatable bonds is 6. The zero-order valence-corrected chi connectivity index (χ0v) is 14.0. The number of imidazole rings is 1. The van der Waals surface area contributed by atoms with Crippen LogP contribution < -0.4 is 10.6 Å². The number of carbonyl (C=O) groups excluding carboxylic acids is 2. The molecule has 3 aromatic rings. The Kier molecular flexibility index (Phi) is 5.09. The lowest BCUT2D eigenvalue weighted by molar-refractivity contribution is 0.0940. The second kappa shape index (κ2) is 7.61. The van der Waals surface area contributed by atoms with Gasteiger partial charge >= 0.3 is 0 Å². The number of pyridine rings is 1. The van der Waals surface area contributed by atoms with E-state index in [1.807, 2.05) is 43.3 Å². The van der Waals surface area contributed by atoms with Crippen molar-refractivity contribution < 1.29 is 9.59 Å². The molecule has 0 unspecified atom stereocenters. The van der Waals surface area contributed by atoms with Crippen molar-refractivity contribution >= 4 is 17.3 Å². The highest BCUT2D eigenvalue weighted by Crippen LogP contribution is 2.13. The summed E-state index contributed by atoms with van der Waals surface area (Å²) >= 11 is 0. The molecule has 128 valence electrons. The number of fused-ring (bicyclic) bond motifs is 1. The molecule has 0 aliphatic heterocycles. The molecule has 0 saturated heterocycles. The van der Waals surface area contributed by atoms with Crippen LogP contribution in [0.4, 0.5) is 0 Å². The molecule has 25 heavy (non-hydrogen) atoms. The Morgan fingerprint density at radius 1 is 1.00 bits per heavy atom. The molecular weight excluding hydrogens is 316 g/mol. The topological polar surface area (TPSA) is 75.5 Å². The smallest absolute Gasteiger partial charge is 0.287 e. The van der Waals surface area contributed by atoms with Crippen molar-refractivity contribution in [3.8, 4) is 0 Å². The summed E-state index contributed by atoms with van der Waals surface area (Å²) < 4.78 is 1.64. The molecule has 3 rings (SSSR count). The van der Waals surface area contributed by atoms with Crippen LogP contribution in [0.1, 0.15) is 40.0 Å². The minimum absolute atomic E-state index is 0.202. The SMILES string of the molecule is CCCNC(=O)c1nc(C(=O)NCc2ccccc2)n2ccccc12. The van der Waals surface area contributed by atoms with Crippen molar-refractivity contribution in [3.63, 3.8) is 0 Å². The van der Waals surface area contributed by atoms with Crippen molar-refractivity contribution in [1.82, 2.24) is 20.0 Å². The van der Waals surface area contributed by atoms with Crippen LogP contribution in [0.2, 0.25) is 0 Å². The Morgan fingerprint density at radius 2 is 1.76 bits per heavy atom. The molecule has 6 nitrogen and oxygen atoms in total. The fourth-order valence-electron chi connectivity index (χ4n) is 2.54. The largest absolute Gasteiger partial charge is 0.351 e. The molecule has 0 aliphatic rings. The minimum Gasteiger partial charge on any atom is -0.351 e. The van der Waals surface area contributed by atoms with Crippen LogP contribution >= 0.6 is 0 Å². The average molecular weight is 336 g/mol. The van der Waals surface area contributed by atoms with Crippen LogP contribution in [0.15, 0.2) is 54.7 Å². The van der Waals surface area contributed by atoms with Gasteiger partial charge in [0.15, 0.2) is 5.69 Å². The number of aromatic nitrogens is 2. The van der Waals surface area contributed by atoms with E-state index >= 15 is 0 Å². The van der Waals surface area contributed by atoms with Crippen molar-refractivity contribution in [2.75, 3.05) is 6.54 Å². The molecule has 6 heteroatoms. The fraction of sp³-hybridized carbons (Fsp3) is 0.211. The zero-order valence-electron chi connectivity index (χ0n) is 14.0. The maximum atomic E-state index is 12.6. The summed E-state index contributed by atoms with van der Waals surface area (Å²) in [5, 5.41) is 5.65. The first kappa shape index (κ1) is 16.7. The number of amides is 2. The fourth-order valence-corrected chi connectivity index (χ4v) is 2.54. The van der Waals surface area contributed by atoms with Crippen molar-refractivity contribution in [1.29, 1.82) is 0 Å². The summed E-state index contributed by atoms with van der Waals surface area (Å²) in [6, 6.07) is 15.0. The van der Waals surface area contributed by atoms with Gasteiger partial charge in [0.05, 0.1) is 5.52 Å². The Bertz CT molecular complexity index is 887. The highest BCUT2D eigenvalue weighted by atomic mass is 16.2. The first-order chi connectivity index (χ1) is 12.2. The molecule has 0 fully saturated rings. The van der Waals surface area contributed by atoms with Crippen LogP contribution in [0.25, 0.3) is 5.52 Å². The molecule has 0 saturated carbocycles. The van der Waals surface area contributed by atoms with E-state index in [4.69, 9.17) is 0 Å². The van der Waals surface area contributed by atoms with Gasteiger partial charge in [-0.3, -0.25) is 14.0 Å². The minimum atomic E-state index is -0.320. The molecule has 2 amide bonds. The number of nitrogens with zero attached hydrogens (tertiary/aromatic N) is 2. The highest BCUT2D eigenvalue weighted by Gasteiger charge is 2.20. The average Bonchev–Trinajstić information content (AvgIpc) is 3.05. The van der Waals surface area contributed by atoms with Gasteiger partial charge in [-0.15, -0.1) is 0 Å². The van der Waals surface area contributed by atoms with Gasteiger partial charge in [0.2, 0.25) is 5.82 Å². The van der Waals surface area contributed by atoms with E-state index in [9.17, 15) is 9.59 Å². The lowest BCUT2D eigenvalue weighted by atomic mass is 10.2. The Morgan fingerprint density at radius 3 is 2.52 bits per heavy atom. The van der Waals surface area contributed by atoms with E-state index in [1.165, 1.54) is 0 Å². The highest BCUT2D eigenvalue weighted by molar-refractivity contribution is 6.02. The predicted molar refractivity (Wildman–Crippen MR) is 95.4 cm³/mol. The number of hydrogen-bond donors (Lipinski definition) is 2. The predicted octanol–water partition coefficient (Wildman–Crippen LogP) is 2.40. The van der Waals surface area contributed by atoms with Gasteiger partial charge < -0.3 is 10.6 Å². The van der Waals surface area contributed by atoms with Crippen LogP contribution in [-0.2, 0) is 6.54 Å². The third kappa shape index (κ3) is 3.68. The Hall–Kier alpha value is -3.15. The monoisotopic (exact) mass is 336 g/mol. The van der Waals surface area contributed by atoms with E-state index in [-0.39, 0.29) is 23.3 Å². The normalized spacial score (nSPS) is 10.6. The third-order valence-electron chi connectivity index (χ3n) is 3.80. The summed E-state index contributed by atoms with van der Waals surface area (Å²) in [5.74, 6) is -0.388. The van der Waals surface area contributed by atoms with E-state index in [1.54, 1.807) is 22.7 Å². The molecule has 0 spiro atoms. The molecule has 0 atom stereocenters. The first-order valence-electron chi connectivity index (χ1n) is 8.28. The van der Waals surface area contributed by atoms with Gasteiger partial charge in [0, 0.05) is 19.3 Å². The van der Waals surface area contributed by atoms with Gasteiger partial charge in [0.1, 0.15) is 0 Å². The summed E-state index contributed by atoms with van der Waals surface area (Å²) in [6.45, 7) is 2.95. The summed E-state index contributed by atoms with van der Waals surface area (Å²) in [4.78, 5) is 29.2. The molecule has 1 aromatic carbocycles. The first-order valence-corrected chi connectivity index (χ1v) is 8.28. The molecule has 0 bridgehead atoms. The molecule has 2 heterocycles. The Balaban J connectivity index is 1.85. The van der Waals surface area contributed by atoms with Crippen molar-refractivity contribution in [3.05, 3.63) is 71.8 Å². The standard InChI is InChI=1S/C19H20N4O2/c1-2-11-20-18(24)16-15-10-6-7-12-23(15)17(22-16)19(25)21-13-14-8-4-3-5-9-14/h3-10,12H,2,11,13H2,1H3,(H,20,24)(H,21,25). The lowest BCUT2D eigenvalue weighted by Crippen LogP contribution is -2.26. The van der Waals surface area contributed by atoms with Crippen molar-refractivity contribution in [2.45, 2.75) is 19.9 Å². The van der Waals surface area contributed by atoms with Crippen LogP contribution in [0.5, 0.6) is 0 Å². The van der Waals surface area contributed by atoms with Gasteiger partial charge in [0.25, 0.3) is 11.8 Å². The second-order valence-corrected chi connectivity index (χ2v) is 5.66. The lowest BCUT2D eigenvalue weighted by Gasteiger charge is -2.04. The van der Waals surface area contributed by atoms with Crippen LogP contribution in [0, 0.1) is 0 Å². The maximum absolute atomic E-state index is 12.6. The van der Waals surface area contributed by atoms with Crippen LogP contribution in [0.3, 0.4) is 0 Å². The molecule has 2 N–H and O–H groups in total. The van der Waals surface area contributed by atoms with E-state index in [0.29, 0.717) is 18.6 Å². The van der Waals surface area contributed by atoms with E-state index in [0.717, 1.165) is 12.0 Å². The maximum Gasteiger partial charge on any atom is 0.287 e. The summed E-state index contributed by atoms with van der Waals surface area (Å²) in [5.41, 5.74) is 1.87. The van der Waals surface area contributed by atoms with Crippen LogP contribution in [-0.4, -0.2) is 27.7 Å². The van der Waals surface area contributed by atoms with Gasteiger partial charge in [-0.2, -0.15) is 0 Å². The zero-order chi connectivity index (χ0) is 17.6. The number of benzene rings is 1. The summed E-state index contributed by atoms with van der Waals surface area (Å²) in [7, 11) is 0. The molecule has 2 aromatic heterocycles. The van der Waals surface area contributed by atoms with Crippen molar-refractivity contribution in [2.24, 2.45) is 0 Å². The molecular formula is C19H20N4O2. The van der Waals surface area contributed by atoms with Gasteiger partial charge in [-0.05, 0) is 24.1 Å². The molecule has 0 aliphatic carbocycles. The second-order valence-electron chi connectivity index (χ2n) is 5.66. The van der Waals surface area contributed by atoms with E-state index < -0.39 is 0 Å². The Labute approximate surface area is 145 Å². The molecule has 0 radical (unpaired) electrons. The number of nitrogens with one attached hydrogen (secondary N) is 2. The number of hydrogen-bond acceptors (Lipinski definition) is 3. The third-order valence-corrected chi connectivity index (χ3v) is 3.80. The van der Waals surface area contributed by atoms with E-state index in [2.05, 4.69) is 15.6 Å². The quantitative estimate of drug-likeness (QED) is 0.726. The van der Waals surface area contributed by atoms with Gasteiger partial charge in [-0.25, -0.2) is 4.98 Å². The summed E-state index contributed by atoms with van der Waals surface area (Å²) in [6.07, 6.45) is 2.57. The number of carbonyl (C=O) groups is 2.